The molecule has 188 valence electrons. The van der Waals surface area contributed by atoms with Crippen molar-refractivity contribution in [3.05, 3.63) is 17.9 Å². The van der Waals surface area contributed by atoms with Crippen molar-refractivity contribution in [2.24, 2.45) is 56.7 Å². The Bertz CT molecular complexity index is 870. The Morgan fingerprint density at radius 2 is 1.53 bits per heavy atom. The third-order valence-electron chi connectivity index (χ3n) is 13.5. The molecule has 0 aliphatic heterocycles. The smallest absolute Gasteiger partial charge is 0.0594 e. The van der Waals surface area contributed by atoms with Crippen LogP contribution in [0.25, 0.3) is 5.73 Å². The number of carbonyl (C=O) groups excluding carboxylic acids is 1. The minimum Gasteiger partial charge on any atom is -0.667 e. The molecule has 34 heavy (non-hydrogen) atoms. The average molecular weight is 722 g/mol. The fourth-order valence-electron chi connectivity index (χ4n) is 11.5. The third kappa shape index (κ3) is 2.72. The van der Waals surface area contributed by atoms with Gasteiger partial charge in [-0.25, -0.2) is 0 Å². The molecule has 0 saturated heterocycles. The first-order valence-electron chi connectivity index (χ1n) is 13.9. The van der Waals surface area contributed by atoms with Gasteiger partial charge in [0, 0.05) is 5.41 Å². The van der Waals surface area contributed by atoms with Crippen molar-refractivity contribution in [2.45, 2.75) is 112 Å². The minimum absolute atomic E-state index is 0. The number of hydrogen-bond acceptors (Lipinski definition) is 2. The molecule has 3 nitrogen and oxygen atoms in total. The molecule has 0 aromatic rings. The molecule has 5 fully saturated rings. The predicted molar refractivity (Wildman–Crippen MR) is 134 cm³/mol. The van der Waals surface area contributed by atoms with Crippen LogP contribution in [-0.4, -0.2) is 17.1 Å². The molecule has 8 unspecified atom stereocenters. The van der Waals surface area contributed by atoms with Crippen LogP contribution in [0.1, 0.15) is 106 Å². The van der Waals surface area contributed by atoms with E-state index in [0.29, 0.717) is 29.6 Å². The van der Waals surface area contributed by atoms with Crippen molar-refractivity contribution in [3.8, 4) is 0 Å². The summed E-state index contributed by atoms with van der Waals surface area (Å²) in [6.45, 7) is 18.9. The summed E-state index contributed by atoms with van der Waals surface area (Å²) >= 11 is 0. The number of allylic oxidation sites excluding steroid dienone is 1. The Kier molecular flexibility index (Phi) is 5.46. The van der Waals surface area contributed by atoms with Gasteiger partial charge in [-0.15, -0.1) is 0 Å². The maximum absolute atomic E-state index is 12.9. The first-order chi connectivity index (χ1) is 15.3. The van der Waals surface area contributed by atoms with E-state index in [0.717, 1.165) is 38.5 Å². The Balaban J connectivity index is 0.00000274. The largest absolute Gasteiger partial charge is 0.667 e. The number of hydrogen-bond donors (Lipinski definition) is 1. The molecular formula is C30H48NO2Rf-. The molecule has 5 aliphatic carbocycles. The third-order valence-corrected chi connectivity index (χ3v) is 13.5. The number of amides is 1. The van der Waals surface area contributed by atoms with Crippen molar-refractivity contribution in [2.75, 3.05) is 0 Å². The van der Waals surface area contributed by atoms with Gasteiger partial charge in [0.1, 0.15) is 0 Å². The molecule has 4 heteroatoms. The van der Waals surface area contributed by atoms with Crippen molar-refractivity contribution in [1.29, 1.82) is 0 Å². The second-order valence-electron chi connectivity index (χ2n) is 14.5. The Labute approximate surface area is 202 Å². The van der Waals surface area contributed by atoms with Gasteiger partial charge in [0.05, 0.1) is 12.0 Å². The van der Waals surface area contributed by atoms with Gasteiger partial charge in [0.15, 0.2) is 0 Å². The molecule has 0 bridgehead atoms. The standard InChI is InChI=1S/C30H49NO2.Rf/c1-18(2)19-10-15-30(25(31)33)17-16-28(6)20(24(19)30)8-9-22-27(5)13-12-23(32)26(3,4)21(27)11-14-29(22,28)7;/h19-24,32H,1,8-17H2,2-7H3,(H2,31,33);/p-1/t19?,20?,21?,22?,23?,24?,27-,28?,29+,30?;/m0./s1. The number of aliphatic hydroxyl groups is 1. The van der Waals surface area contributed by atoms with Gasteiger partial charge >= 0.3 is 0 Å². The monoisotopic (exact) mass is 721 g/mol. The topological polar surface area (TPSA) is 61.1 Å². The Morgan fingerprint density at radius 3 is 2.15 bits per heavy atom. The molecule has 1 amide bonds. The number of aliphatic hydroxyl groups excluding tert-OH is 1. The second kappa shape index (κ2) is 7.34. The van der Waals surface area contributed by atoms with Gasteiger partial charge in [-0.2, -0.15) is 0 Å². The van der Waals surface area contributed by atoms with Crippen molar-refractivity contribution < 1.29 is 9.90 Å². The van der Waals surface area contributed by atoms with Crippen LogP contribution in [0.15, 0.2) is 12.2 Å². The van der Waals surface area contributed by atoms with E-state index in [2.05, 4.69) is 48.1 Å². The maximum atomic E-state index is 12.9. The Morgan fingerprint density at radius 1 is 0.853 bits per heavy atom. The summed E-state index contributed by atoms with van der Waals surface area (Å²) in [4.78, 5) is 12.9. The van der Waals surface area contributed by atoms with Crippen molar-refractivity contribution in [3.63, 3.8) is 0 Å². The first kappa shape index (κ1) is 25.3. The van der Waals surface area contributed by atoms with E-state index >= 15 is 0 Å². The van der Waals surface area contributed by atoms with E-state index in [4.69, 9.17) is 5.73 Å². The van der Waals surface area contributed by atoms with Crippen LogP contribution in [0.2, 0.25) is 0 Å². The molecule has 5 aliphatic rings. The van der Waals surface area contributed by atoms with Crippen molar-refractivity contribution in [1.82, 2.24) is 0 Å². The van der Waals surface area contributed by atoms with Crippen LogP contribution in [0.5, 0.6) is 0 Å². The summed E-state index contributed by atoms with van der Waals surface area (Å²) in [6.07, 6.45) is 10.8. The van der Waals surface area contributed by atoms with Crippen LogP contribution in [0.4, 0.5) is 0 Å². The molecule has 0 radical (unpaired) electrons. The number of nitrogens with one attached hydrogen (secondary N) is 1. The summed E-state index contributed by atoms with van der Waals surface area (Å²) in [5.41, 5.74) is 9.91. The van der Waals surface area contributed by atoms with E-state index < -0.39 is 5.41 Å². The molecule has 0 aromatic heterocycles. The second-order valence-corrected chi connectivity index (χ2v) is 14.5. The molecular weight excluding hydrogens is 673 g/mol. The number of carbonyl (C=O) groups is 1. The van der Waals surface area contributed by atoms with Crippen LogP contribution in [-0.2, 0) is 4.79 Å². The van der Waals surface area contributed by atoms with E-state index in [1.54, 1.807) is 0 Å². The maximum Gasteiger partial charge on any atom is 0.0594 e. The van der Waals surface area contributed by atoms with Crippen LogP contribution >= 0.6 is 0 Å². The van der Waals surface area contributed by atoms with Gasteiger partial charge in [0.25, 0.3) is 0 Å². The zero-order valence-electron chi connectivity index (χ0n) is 22.8. The van der Waals surface area contributed by atoms with Crippen LogP contribution in [0, 0.1) is 56.7 Å². The summed E-state index contributed by atoms with van der Waals surface area (Å²) in [5.74, 6) is 2.21. The minimum atomic E-state index is -0.422. The number of rotatable bonds is 2. The van der Waals surface area contributed by atoms with E-state index in [9.17, 15) is 9.90 Å². The van der Waals surface area contributed by atoms with Gasteiger partial charge in [0.2, 0.25) is 0 Å². The Hall–Kier alpha value is -1.83. The van der Waals surface area contributed by atoms with Gasteiger partial charge < -0.3 is 15.6 Å². The summed E-state index contributed by atoms with van der Waals surface area (Å²) in [6, 6.07) is 0. The predicted octanol–water partition coefficient (Wildman–Crippen LogP) is 7.58. The normalized spacial score (nSPS) is 53.4. The molecule has 5 rings (SSSR count). The fraction of sp³-hybridized carbons (Fsp3) is 0.900. The average Bonchev–Trinajstić information content (AvgIpc) is 3.13. The van der Waals surface area contributed by atoms with Crippen LogP contribution in [0.3, 0.4) is 0 Å². The zero-order valence-corrected chi connectivity index (χ0v) is 29.2. The molecule has 0 aromatic carbocycles. The summed E-state index contributed by atoms with van der Waals surface area (Å²) in [5, 5.41) is 10.9. The number of fused-ring (bicyclic) bond motifs is 7. The fourth-order valence-corrected chi connectivity index (χ4v) is 11.5. The molecule has 5 saturated carbocycles. The molecule has 0 spiro atoms. The van der Waals surface area contributed by atoms with Gasteiger partial charge in [-0.1, -0.05) is 46.8 Å². The van der Waals surface area contributed by atoms with E-state index in [1.165, 1.54) is 31.3 Å². The van der Waals surface area contributed by atoms with Crippen LogP contribution < -0.4 is 0 Å². The van der Waals surface area contributed by atoms with E-state index in [1.807, 2.05) is 0 Å². The summed E-state index contributed by atoms with van der Waals surface area (Å²) in [7, 11) is 0. The van der Waals surface area contributed by atoms with E-state index in [-0.39, 0.29) is 33.7 Å². The van der Waals surface area contributed by atoms with Gasteiger partial charge in [-0.3, -0.25) is 0 Å². The first-order valence-corrected chi connectivity index (χ1v) is 13.9. The molecule has 0 heterocycles. The van der Waals surface area contributed by atoms with Crippen molar-refractivity contribution >= 4 is 5.91 Å². The summed E-state index contributed by atoms with van der Waals surface area (Å²) < 4.78 is 0. The molecule has 2 N–H and O–H groups in total. The van der Waals surface area contributed by atoms with Gasteiger partial charge in [-0.05, 0) is 122 Å². The zero-order chi connectivity index (χ0) is 24.2. The quantitative estimate of drug-likeness (QED) is 0.299. The SMILES string of the molecule is C=C(C)C1CCC2(C([NH-])=O)CCC3(C)C(CCC4[C@@]5(C)CCC(O)C(C)(C)C5CC[C@]43C)C12.[Rf]. The molecule has 10 atom stereocenters.